The second kappa shape index (κ2) is 6.34. The lowest BCUT2D eigenvalue weighted by molar-refractivity contribution is 0.0697. The van der Waals surface area contributed by atoms with Crippen molar-refractivity contribution in [2.24, 2.45) is 0 Å². The molecule has 0 aliphatic heterocycles. The van der Waals surface area contributed by atoms with Gasteiger partial charge in [0.2, 0.25) is 0 Å². The van der Waals surface area contributed by atoms with E-state index in [1.54, 1.807) is 18.2 Å². The molecule has 0 saturated heterocycles. The molecule has 4 nitrogen and oxygen atoms in total. The quantitative estimate of drug-likeness (QED) is 0.889. The van der Waals surface area contributed by atoms with Crippen molar-refractivity contribution in [1.82, 2.24) is 4.98 Å². The number of benzene rings is 1. The van der Waals surface area contributed by atoms with Crippen molar-refractivity contribution < 1.29 is 14.3 Å². The van der Waals surface area contributed by atoms with E-state index in [1.165, 1.54) is 18.3 Å². The topological polar surface area (TPSA) is 62.2 Å². The Balaban J connectivity index is 2.03. The first-order chi connectivity index (χ1) is 9.59. The zero-order valence-electron chi connectivity index (χ0n) is 10.4. The maximum atomic E-state index is 13.4. The summed E-state index contributed by atoms with van der Waals surface area (Å²) in [6, 6.07) is 7.80. The largest absolute Gasteiger partial charge is 0.478 e. The van der Waals surface area contributed by atoms with Crippen molar-refractivity contribution in [2.45, 2.75) is 6.42 Å². The molecule has 0 fully saturated rings. The van der Waals surface area contributed by atoms with E-state index < -0.39 is 5.97 Å². The molecule has 20 heavy (non-hydrogen) atoms. The number of nitrogens with one attached hydrogen (secondary N) is 1. The van der Waals surface area contributed by atoms with E-state index in [-0.39, 0.29) is 22.2 Å². The third-order valence-corrected chi connectivity index (χ3v) is 3.15. The van der Waals surface area contributed by atoms with Crippen LogP contribution < -0.4 is 5.32 Å². The maximum absolute atomic E-state index is 13.4. The molecule has 0 aliphatic carbocycles. The van der Waals surface area contributed by atoms with Gasteiger partial charge in [-0.15, -0.1) is 0 Å². The molecule has 0 unspecified atom stereocenters. The Morgan fingerprint density at radius 3 is 2.80 bits per heavy atom. The molecule has 0 bridgehead atoms. The van der Waals surface area contributed by atoms with Gasteiger partial charge >= 0.3 is 5.97 Å². The smallest absolute Gasteiger partial charge is 0.337 e. The molecule has 6 heteroatoms. The summed E-state index contributed by atoms with van der Waals surface area (Å²) in [5, 5.41) is 11.9. The number of anilines is 1. The Morgan fingerprint density at radius 1 is 1.35 bits per heavy atom. The van der Waals surface area contributed by atoms with Gasteiger partial charge in [-0.3, -0.25) is 0 Å². The van der Waals surface area contributed by atoms with Crippen molar-refractivity contribution in [3.05, 3.63) is 58.5 Å². The number of aromatic nitrogens is 1. The van der Waals surface area contributed by atoms with Crippen molar-refractivity contribution in [1.29, 1.82) is 0 Å². The summed E-state index contributed by atoms with van der Waals surface area (Å²) in [4.78, 5) is 14.9. The van der Waals surface area contributed by atoms with Crippen molar-refractivity contribution in [3.8, 4) is 0 Å². The lowest BCUT2D eigenvalue weighted by Gasteiger charge is -2.09. The molecule has 2 aromatic rings. The van der Waals surface area contributed by atoms with Gasteiger partial charge in [0.05, 0.1) is 10.6 Å². The number of rotatable bonds is 5. The molecule has 2 rings (SSSR count). The molecule has 0 amide bonds. The van der Waals surface area contributed by atoms with Gasteiger partial charge in [-0.25, -0.2) is 14.2 Å². The molecule has 0 spiro atoms. The number of pyridine rings is 1. The SMILES string of the molecule is O=C(O)c1ccnc(NCCc2ccccc2F)c1Cl. The average molecular weight is 295 g/mol. The molecule has 0 aliphatic rings. The molecule has 1 aromatic heterocycles. The minimum atomic E-state index is -1.12. The fourth-order valence-corrected chi connectivity index (χ4v) is 2.01. The Morgan fingerprint density at radius 2 is 2.10 bits per heavy atom. The summed E-state index contributed by atoms with van der Waals surface area (Å²) in [7, 11) is 0. The number of hydrogen-bond acceptors (Lipinski definition) is 3. The molecule has 0 atom stereocenters. The third-order valence-electron chi connectivity index (χ3n) is 2.76. The zero-order chi connectivity index (χ0) is 14.5. The van der Waals surface area contributed by atoms with Crippen molar-refractivity contribution >= 4 is 23.4 Å². The van der Waals surface area contributed by atoms with E-state index in [0.29, 0.717) is 18.5 Å². The van der Waals surface area contributed by atoms with Crippen LogP contribution in [0.3, 0.4) is 0 Å². The first-order valence-corrected chi connectivity index (χ1v) is 6.32. The molecular weight excluding hydrogens is 283 g/mol. The summed E-state index contributed by atoms with van der Waals surface area (Å²) < 4.78 is 13.4. The number of carbonyl (C=O) groups is 1. The summed E-state index contributed by atoms with van der Waals surface area (Å²) in [6.45, 7) is 0.400. The van der Waals surface area contributed by atoms with Crippen LogP contribution in [-0.4, -0.2) is 22.6 Å². The van der Waals surface area contributed by atoms with Gasteiger partial charge in [0.1, 0.15) is 11.6 Å². The van der Waals surface area contributed by atoms with E-state index in [1.807, 2.05) is 0 Å². The standard InChI is InChI=1S/C14H12ClFN2O2/c15-12-10(14(19)20)6-8-18-13(12)17-7-5-9-3-1-2-4-11(9)16/h1-4,6,8H,5,7H2,(H,17,18)(H,19,20). The van der Waals surface area contributed by atoms with Gasteiger partial charge < -0.3 is 10.4 Å². The predicted molar refractivity (Wildman–Crippen MR) is 74.8 cm³/mol. The predicted octanol–water partition coefficient (Wildman–Crippen LogP) is 3.23. The normalized spacial score (nSPS) is 10.3. The molecule has 104 valence electrons. The first-order valence-electron chi connectivity index (χ1n) is 5.94. The highest BCUT2D eigenvalue weighted by molar-refractivity contribution is 6.35. The van der Waals surface area contributed by atoms with Gasteiger partial charge in [0.25, 0.3) is 0 Å². The number of hydrogen-bond donors (Lipinski definition) is 2. The molecule has 0 radical (unpaired) electrons. The summed E-state index contributed by atoms with van der Waals surface area (Å²) in [6.07, 6.45) is 1.81. The highest BCUT2D eigenvalue weighted by atomic mass is 35.5. The van der Waals surface area contributed by atoms with Gasteiger partial charge in [0.15, 0.2) is 0 Å². The number of carboxylic acid groups (broad SMARTS) is 1. The highest BCUT2D eigenvalue weighted by Crippen LogP contribution is 2.23. The molecule has 2 N–H and O–H groups in total. The summed E-state index contributed by atoms with van der Waals surface area (Å²) in [5.74, 6) is -1.11. The summed E-state index contributed by atoms with van der Waals surface area (Å²) in [5.41, 5.74) is 0.556. The molecular formula is C14H12ClFN2O2. The molecule has 1 heterocycles. The maximum Gasteiger partial charge on any atom is 0.337 e. The Hall–Kier alpha value is -2.14. The Kier molecular flexibility index (Phi) is 4.53. The van der Waals surface area contributed by atoms with E-state index in [9.17, 15) is 9.18 Å². The fraction of sp³-hybridized carbons (Fsp3) is 0.143. The Bertz CT molecular complexity index is 634. The van der Waals surface area contributed by atoms with Crippen LogP contribution in [0, 0.1) is 5.82 Å². The van der Waals surface area contributed by atoms with Crippen LogP contribution in [0.2, 0.25) is 5.02 Å². The fourth-order valence-electron chi connectivity index (χ4n) is 1.75. The van der Waals surface area contributed by atoms with Gasteiger partial charge in [0, 0.05) is 12.7 Å². The van der Waals surface area contributed by atoms with E-state index >= 15 is 0 Å². The molecule has 0 saturated carbocycles. The van der Waals surface area contributed by atoms with Crippen LogP contribution >= 0.6 is 11.6 Å². The zero-order valence-corrected chi connectivity index (χ0v) is 11.2. The average Bonchev–Trinajstić information content (AvgIpc) is 2.42. The first kappa shape index (κ1) is 14.3. The minimum Gasteiger partial charge on any atom is -0.478 e. The van der Waals surface area contributed by atoms with Crippen molar-refractivity contribution in [3.63, 3.8) is 0 Å². The van der Waals surface area contributed by atoms with Gasteiger partial charge in [-0.1, -0.05) is 29.8 Å². The van der Waals surface area contributed by atoms with Crippen LogP contribution in [0.25, 0.3) is 0 Å². The second-order valence-electron chi connectivity index (χ2n) is 4.09. The minimum absolute atomic E-state index is 0.0185. The van der Waals surface area contributed by atoms with Crippen LogP contribution in [0.4, 0.5) is 10.2 Å². The number of halogens is 2. The number of aromatic carboxylic acids is 1. The number of carboxylic acids is 1. The van der Waals surface area contributed by atoms with E-state index in [0.717, 1.165) is 0 Å². The Labute approximate surface area is 120 Å². The van der Waals surface area contributed by atoms with Crippen LogP contribution in [0.5, 0.6) is 0 Å². The van der Waals surface area contributed by atoms with E-state index in [4.69, 9.17) is 16.7 Å². The van der Waals surface area contributed by atoms with Crippen LogP contribution in [-0.2, 0) is 6.42 Å². The van der Waals surface area contributed by atoms with Gasteiger partial charge in [-0.2, -0.15) is 0 Å². The lowest BCUT2D eigenvalue weighted by Crippen LogP contribution is -2.09. The second-order valence-corrected chi connectivity index (χ2v) is 4.47. The summed E-state index contributed by atoms with van der Waals surface area (Å²) >= 11 is 5.94. The lowest BCUT2D eigenvalue weighted by atomic mass is 10.1. The van der Waals surface area contributed by atoms with Gasteiger partial charge in [-0.05, 0) is 24.1 Å². The third kappa shape index (κ3) is 3.24. The number of nitrogens with zero attached hydrogens (tertiary/aromatic N) is 1. The molecule has 1 aromatic carbocycles. The highest BCUT2D eigenvalue weighted by Gasteiger charge is 2.12. The monoisotopic (exact) mass is 294 g/mol. The van der Waals surface area contributed by atoms with Crippen LogP contribution in [0.1, 0.15) is 15.9 Å². The van der Waals surface area contributed by atoms with Crippen molar-refractivity contribution in [2.75, 3.05) is 11.9 Å². The van der Waals surface area contributed by atoms with E-state index in [2.05, 4.69) is 10.3 Å². The van der Waals surface area contributed by atoms with Crippen LogP contribution in [0.15, 0.2) is 36.5 Å².